The SMILES string of the molecule is CCOC(=O)c1nc(NS(=O)(=O)/C=C/c2ccccc2Cl)oc1C. The Balaban J connectivity index is 2.16. The van der Waals surface area contributed by atoms with Crippen molar-refractivity contribution in [3.63, 3.8) is 0 Å². The molecule has 0 saturated carbocycles. The molecule has 0 saturated heterocycles. The van der Waals surface area contributed by atoms with Crippen LogP contribution in [-0.4, -0.2) is 26.0 Å². The van der Waals surface area contributed by atoms with E-state index in [0.29, 0.717) is 10.6 Å². The summed E-state index contributed by atoms with van der Waals surface area (Å²) in [4.78, 5) is 15.4. The Morgan fingerprint density at radius 1 is 1.42 bits per heavy atom. The number of nitrogens with one attached hydrogen (secondary N) is 1. The summed E-state index contributed by atoms with van der Waals surface area (Å²) in [6.45, 7) is 3.31. The molecule has 24 heavy (non-hydrogen) atoms. The molecule has 0 bridgehead atoms. The minimum Gasteiger partial charge on any atom is -0.461 e. The first kappa shape index (κ1) is 18.0. The highest BCUT2D eigenvalue weighted by Crippen LogP contribution is 2.19. The lowest BCUT2D eigenvalue weighted by Crippen LogP contribution is -2.10. The van der Waals surface area contributed by atoms with Crippen LogP contribution >= 0.6 is 11.6 Å². The standard InChI is InChI=1S/C15H15ClN2O5S/c1-3-22-14(19)13-10(2)23-15(17-13)18-24(20,21)9-8-11-6-4-5-7-12(11)16/h4-9H,3H2,1-2H3,(H,17,18)/b9-8+. The van der Waals surface area contributed by atoms with E-state index in [1.807, 2.05) is 0 Å². The average molecular weight is 371 g/mol. The van der Waals surface area contributed by atoms with E-state index in [2.05, 4.69) is 9.71 Å². The predicted molar refractivity (Wildman–Crippen MR) is 90.2 cm³/mol. The summed E-state index contributed by atoms with van der Waals surface area (Å²) in [5.41, 5.74) is 0.463. The molecule has 0 atom stereocenters. The molecular formula is C15H15ClN2O5S. The lowest BCUT2D eigenvalue weighted by Gasteiger charge is -1.99. The second-order valence-corrected chi connectivity index (χ2v) is 6.59. The smallest absolute Gasteiger partial charge is 0.360 e. The summed E-state index contributed by atoms with van der Waals surface area (Å²) in [5.74, 6) is -0.531. The molecule has 0 aliphatic carbocycles. The Morgan fingerprint density at radius 3 is 2.79 bits per heavy atom. The van der Waals surface area contributed by atoms with Crippen LogP contribution < -0.4 is 4.72 Å². The molecule has 0 fully saturated rings. The van der Waals surface area contributed by atoms with Crippen molar-refractivity contribution < 1.29 is 22.4 Å². The minimum absolute atomic E-state index is 0.0790. The van der Waals surface area contributed by atoms with Gasteiger partial charge in [-0.3, -0.25) is 0 Å². The molecule has 2 rings (SSSR count). The molecule has 1 N–H and O–H groups in total. The van der Waals surface area contributed by atoms with Crippen molar-refractivity contribution in [2.24, 2.45) is 0 Å². The van der Waals surface area contributed by atoms with E-state index in [-0.39, 0.29) is 24.1 Å². The molecule has 0 radical (unpaired) electrons. The summed E-state index contributed by atoms with van der Waals surface area (Å²) in [6.07, 6.45) is 1.34. The molecule has 0 aliphatic heterocycles. The van der Waals surface area contributed by atoms with E-state index in [9.17, 15) is 13.2 Å². The third-order valence-corrected chi connectivity index (χ3v) is 4.12. The number of aryl methyl sites for hydroxylation is 1. The van der Waals surface area contributed by atoms with Crippen LogP contribution in [0.3, 0.4) is 0 Å². The first-order valence-corrected chi connectivity index (χ1v) is 8.85. The van der Waals surface area contributed by atoms with E-state index < -0.39 is 16.0 Å². The normalized spacial score (nSPS) is 11.6. The highest BCUT2D eigenvalue weighted by atomic mass is 35.5. The largest absolute Gasteiger partial charge is 0.461 e. The van der Waals surface area contributed by atoms with Crippen molar-refractivity contribution in [2.75, 3.05) is 11.3 Å². The van der Waals surface area contributed by atoms with Crippen molar-refractivity contribution in [3.8, 4) is 0 Å². The Labute approximate surface area is 144 Å². The molecule has 0 spiro atoms. The first-order valence-electron chi connectivity index (χ1n) is 6.92. The topological polar surface area (TPSA) is 98.5 Å². The van der Waals surface area contributed by atoms with Gasteiger partial charge in [-0.15, -0.1) is 0 Å². The quantitative estimate of drug-likeness (QED) is 0.784. The van der Waals surface area contributed by atoms with Gasteiger partial charge in [-0.05, 0) is 31.6 Å². The predicted octanol–water partition coefficient (Wildman–Crippen LogP) is 3.23. The summed E-state index contributed by atoms with van der Waals surface area (Å²) >= 11 is 5.95. The van der Waals surface area contributed by atoms with Crippen molar-refractivity contribution >= 4 is 39.7 Å². The number of hydrogen-bond acceptors (Lipinski definition) is 6. The molecule has 0 unspecified atom stereocenters. The van der Waals surface area contributed by atoms with E-state index >= 15 is 0 Å². The number of carbonyl (C=O) groups excluding carboxylic acids is 1. The maximum atomic E-state index is 12.0. The number of carbonyl (C=O) groups is 1. The summed E-state index contributed by atoms with van der Waals surface area (Å²) in [5, 5.41) is 1.35. The van der Waals surface area contributed by atoms with Gasteiger partial charge >= 0.3 is 12.0 Å². The highest BCUT2D eigenvalue weighted by Gasteiger charge is 2.20. The zero-order valence-corrected chi connectivity index (χ0v) is 14.5. The zero-order chi connectivity index (χ0) is 17.7. The molecular weight excluding hydrogens is 356 g/mol. The summed E-state index contributed by atoms with van der Waals surface area (Å²) in [7, 11) is -3.89. The molecule has 7 nitrogen and oxygen atoms in total. The number of halogens is 1. The molecule has 1 aromatic heterocycles. The molecule has 0 aliphatic rings. The maximum Gasteiger partial charge on any atom is 0.360 e. The third kappa shape index (κ3) is 4.59. The van der Waals surface area contributed by atoms with Gasteiger partial charge < -0.3 is 9.15 Å². The number of aromatic nitrogens is 1. The number of nitrogens with zero attached hydrogens (tertiary/aromatic N) is 1. The third-order valence-electron chi connectivity index (χ3n) is 2.83. The number of rotatable bonds is 6. The van der Waals surface area contributed by atoms with Gasteiger partial charge in [-0.1, -0.05) is 29.8 Å². The van der Waals surface area contributed by atoms with Gasteiger partial charge in [0.25, 0.3) is 10.0 Å². The number of benzene rings is 1. The van der Waals surface area contributed by atoms with Crippen LogP contribution in [0.2, 0.25) is 5.02 Å². The number of oxazole rings is 1. The first-order chi connectivity index (χ1) is 11.3. The lowest BCUT2D eigenvalue weighted by atomic mass is 10.2. The summed E-state index contributed by atoms with van der Waals surface area (Å²) < 4.78 is 36.1. The van der Waals surface area contributed by atoms with Gasteiger partial charge in [-0.2, -0.15) is 4.98 Å². The van der Waals surface area contributed by atoms with Crippen molar-refractivity contribution in [2.45, 2.75) is 13.8 Å². The number of anilines is 1. The fourth-order valence-corrected chi connectivity index (χ4v) is 2.68. The maximum absolute atomic E-state index is 12.0. The summed E-state index contributed by atoms with van der Waals surface area (Å²) in [6, 6.07) is 6.46. The van der Waals surface area contributed by atoms with Crippen LogP contribution in [0, 0.1) is 6.92 Å². The number of ether oxygens (including phenoxy) is 1. The Bertz CT molecular complexity index is 874. The highest BCUT2D eigenvalue weighted by molar-refractivity contribution is 7.95. The van der Waals surface area contributed by atoms with E-state index in [0.717, 1.165) is 5.41 Å². The van der Waals surface area contributed by atoms with Crippen molar-refractivity contribution in [3.05, 3.63) is 51.7 Å². The molecule has 1 aromatic carbocycles. The second kappa shape index (κ2) is 7.50. The van der Waals surface area contributed by atoms with Crippen LogP contribution in [0.15, 0.2) is 34.1 Å². The fraction of sp³-hybridized carbons (Fsp3) is 0.200. The van der Waals surface area contributed by atoms with Gasteiger partial charge in [-0.25, -0.2) is 17.9 Å². The van der Waals surface area contributed by atoms with Crippen LogP contribution in [0.1, 0.15) is 28.7 Å². The van der Waals surface area contributed by atoms with Gasteiger partial charge in [0, 0.05) is 5.02 Å². The zero-order valence-electron chi connectivity index (χ0n) is 12.9. The fourth-order valence-electron chi connectivity index (χ4n) is 1.76. The van der Waals surface area contributed by atoms with E-state index in [4.69, 9.17) is 20.8 Å². The van der Waals surface area contributed by atoms with Gasteiger partial charge in [0.15, 0.2) is 5.69 Å². The van der Waals surface area contributed by atoms with Crippen LogP contribution in [0.4, 0.5) is 6.01 Å². The molecule has 1 heterocycles. The second-order valence-electron chi connectivity index (χ2n) is 4.62. The van der Waals surface area contributed by atoms with Crippen LogP contribution in [-0.2, 0) is 14.8 Å². The van der Waals surface area contributed by atoms with Gasteiger partial charge in [0.2, 0.25) is 0 Å². The Hall–Kier alpha value is -2.32. The monoisotopic (exact) mass is 370 g/mol. The van der Waals surface area contributed by atoms with Crippen LogP contribution in [0.25, 0.3) is 6.08 Å². The average Bonchev–Trinajstić information content (AvgIpc) is 2.86. The van der Waals surface area contributed by atoms with Crippen LogP contribution in [0.5, 0.6) is 0 Å². The van der Waals surface area contributed by atoms with Crippen molar-refractivity contribution in [1.29, 1.82) is 0 Å². The van der Waals surface area contributed by atoms with E-state index in [1.54, 1.807) is 31.2 Å². The lowest BCUT2D eigenvalue weighted by molar-refractivity contribution is 0.0518. The number of sulfonamides is 1. The van der Waals surface area contributed by atoms with Gasteiger partial charge in [0.05, 0.1) is 12.0 Å². The number of esters is 1. The Kier molecular flexibility index (Phi) is 5.63. The molecule has 128 valence electrons. The minimum atomic E-state index is -3.89. The van der Waals surface area contributed by atoms with Crippen molar-refractivity contribution in [1.82, 2.24) is 4.98 Å². The number of hydrogen-bond donors (Lipinski definition) is 1. The van der Waals surface area contributed by atoms with E-state index in [1.165, 1.54) is 13.0 Å². The molecule has 2 aromatic rings. The molecule has 9 heteroatoms. The molecule has 0 amide bonds. The Morgan fingerprint density at radius 2 is 2.12 bits per heavy atom. The van der Waals surface area contributed by atoms with Gasteiger partial charge in [0.1, 0.15) is 5.76 Å².